The zero-order chi connectivity index (χ0) is 36.3. The first kappa shape index (κ1) is 31.6. The van der Waals surface area contributed by atoms with Gasteiger partial charge in [-0.2, -0.15) is 0 Å². The Bertz CT molecular complexity index is 3190. The lowest BCUT2D eigenvalue weighted by atomic mass is 9.97. The molecule has 0 aliphatic heterocycles. The Morgan fingerprint density at radius 1 is 0.382 bits per heavy atom. The second kappa shape index (κ2) is 12.9. The highest BCUT2D eigenvalue weighted by Gasteiger charge is 2.21. The molecular weight excluding hydrogens is 687 g/mol. The number of nitrogens with zero attached hydrogens (tertiary/aromatic N) is 1. The summed E-state index contributed by atoms with van der Waals surface area (Å²) in [5, 5.41) is 7.35. The standard InChI is InChI=1S/C52H33NOS/c1-2-12-35(13-3-1)42-32-33-47(52-50(42)46-18-7-9-23-49(46)55-52)53(38-28-24-36(25-29-38)41-19-10-15-34-14-4-5-16-40(34)41)39-30-26-37(27-31-39)43-20-11-21-45-44-17-6-8-22-48(44)54-51(43)45/h1-33H. The minimum absolute atomic E-state index is 0.908. The van der Waals surface area contributed by atoms with Gasteiger partial charge >= 0.3 is 0 Å². The van der Waals surface area contributed by atoms with Crippen LogP contribution in [-0.4, -0.2) is 0 Å². The maximum atomic E-state index is 6.44. The van der Waals surface area contributed by atoms with Crippen molar-refractivity contribution in [3.63, 3.8) is 0 Å². The van der Waals surface area contributed by atoms with Gasteiger partial charge in [0.05, 0.1) is 10.4 Å². The molecule has 2 heterocycles. The van der Waals surface area contributed by atoms with Crippen LogP contribution in [0, 0.1) is 0 Å². The van der Waals surface area contributed by atoms with Crippen molar-refractivity contribution in [3.05, 3.63) is 200 Å². The van der Waals surface area contributed by atoms with Crippen molar-refractivity contribution in [3.8, 4) is 33.4 Å². The van der Waals surface area contributed by atoms with E-state index in [9.17, 15) is 0 Å². The summed E-state index contributed by atoms with van der Waals surface area (Å²) in [4.78, 5) is 2.42. The van der Waals surface area contributed by atoms with Gasteiger partial charge < -0.3 is 9.32 Å². The van der Waals surface area contributed by atoms with Crippen molar-refractivity contribution in [2.75, 3.05) is 4.90 Å². The SMILES string of the molecule is c1ccc(-c2ccc(N(c3ccc(-c4cccc5ccccc45)cc3)c3ccc(-c4cccc5c4oc4ccccc45)cc3)c3sc4ccccc4c23)cc1. The zero-order valence-corrected chi connectivity index (χ0v) is 30.6. The van der Waals surface area contributed by atoms with Crippen LogP contribution in [0.3, 0.4) is 0 Å². The Hall–Kier alpha value is -6.94. The largest absolute Gasteiger partial charge is 0.455 e. The molecular formula is C52H33NOS. The molecule has 9 aromatic carbocycles. The second-order valence-electron chi connectivity index (χ2n) is 14.0. The average molecular weight is 720 g/mol. The Labute approximate surface area is 322 Å². The quantitative estimate of drug-likeness (QED) is 0.170. The third-order valence-corrected chi connectivity index (χ3v) is 12.1. The summed E-state index contributed by atoms with van der Waals surface area (Å²) >= 11 is 1.87. The normalized spacial score (nSPS) is 11.6. The van der Waals surface area contributed by atoms with Crippen LogP contribution in [0.4, 0.5) is 17.1 Å². The highest BCUT2D eigenvalue weighted by molar-refractivity contribution is 7.26. The topological polar surface area (TPSA) is 16.4 Å². The molecule has 2 nitrogen and oxygen atoms in total. The van der Waals surface area contributed by atoms with Crippen LogP contribution >= 0.6 is 11.3 Å². The molecule has 0 amide bonds. The molecule has 0 bridgehead atoms. The van der Waals surface area contributed by atoms with E-state index in [0.717, 1.165) is 50.1 Å². The van der Waals surface area contributed by atoms with Gasteiger partial charge in [-0.1, -0.05) is 158 Å². The van der Waals surface area contributed by atoms with E-state index < -0.39 is 0 Å². The van der Waals surface area contributed by atoms with Crippen LogP contribution in [0.2, 0.25) is 0 Å². The number of hydrogen-bond acceptors (Lipinski definition) is 3. The van der Waals surface area contributed by atoms with Gasteiger partial charge in [0.15, 0.2) is 0 Å². The van der Waals surface area contributed by atoms with E-state index in [1.54, 1.807) is 0 Å². The minimum Gasteiger partial charge on any atom is -0.455 e. The number of furan rings is 1. The van der Waals surface area contributed by atoms with Crippen LogP contribution < -0.4 is 4.90 Å². The smallest absolute Gasteiger partial charge is 0.143 e. The van der Waals surface area contributed by atoms with E-state index in [4.69, 9.17) is 4.42 Å². The predicted octanol–water partition coefficient (Wildman–Crippen LogP) is 15.6. The van der Waals surface area contributed by atoms with Gasteiger partial charge in [-0.25, -0.2) is 0 Å². The molecule has 0 atom stereocenters. The summed E-state index contributed by atoms with van der Waals surface area (Å²) in [6.45, 7) is 0. The second-order valence-corrected chi connectivity index (χ2v) is 15.1. The minimum atomic E-state index is 0.908. The molecule has 0 saturated carbocycles. The molecule has 0 aliphatic rings. The Morgan fingerprint density at radius 3 is 1.76 bits per heavy atom. The van der Waals surface area contributed by atoms with Crippen LogP contribution in [0.5, 0.6) is 0 Å². The lowest BCUT2D eigenvalue weighted by Crippen LogP contribution is -2.10. The highest BCUT2D eigenvalue weighted by Crippen LogP contribution is 2.49. The van der Waals surface area contributed by atoms with Gasteiger partial charge in [-0.15, -0.1) is 11.3 Å². The van der Waals surface area contributed by atoms with Gasteiger partial charge in [0.25, 0.3) is 0 Å². The molecule has 258 valence electrons. The van der Waals surface area contributed by atoms with E-state index in [-0.39, 0.29) is 0 Å². The van der Waals surface area contributed by atoms with Crippen molar-refractivity contribution < 1.29 is 4.42 Å². The first-order chi connectivity index (χ1) is 27.3. The van der Waals surface area contributed by atoms with Gasteiger partial charge in [-0.05, 0) is 81.1 Å². The number of hydrogen-bond donors (Lipinski definition) is 0. The molecule has 3 heteroatoms. The molecule has 0 spiro atoms. The fraction of sp³-hybridized carbons (Fsp3) is 0. The van der Waals surface area contributed by atoms with Crippen molar-refractivity contribution >= 4 is 81.3 Å². The summed E-state index contributed by atoms with van der Waals surface area (Å²) in [6, 6.07) is 72.1. The van der Waals surface area contributed by atoms with Gasteiger partial charge in [0, 0.05) is 43.2 Å². The maximum Gasteiger partial charge on any atom is 0.143 e. The Morgan fingerprint density at radius 2 is 0.964 bits per heavy atom. The lowest BCUT2D eigenvalue weighted by molar-refractivity contribution is 0.670. The number of anilines is 3. The van der Waals surface area contributed by atoms with Crippen molar-refractivity contribution in [2.45, 2.75) is 0 Å². The molecule has 11 aromatic rings. The van der Waals surface area contributed by atoms with E-state index in [1.165, 1.54) is 53.2 Å². The maximum absolute atomic E-state index is 6.44. The van der Waals surface area contributed by atoms with Crippen molar-refractivity contribution in [2.24, 2.45) is 0 Å². The van der Waals surface area contributed by atoms with E-state index in [1.807, 2.05) is 23.5 Å². The lowest BCUT2D eigenvalue weighted by Gasteiger charge is -2.27. The van der Waals surface area contributed by atoms with Crippen molar-refractivity contribution in [1.82, 2.24) is 0 Å². The molecule has 0 N–H and O–H groups in total. The van der Waals surface area contributed by atoms with Gasteiger partial charge in [0.1, 0.15) is 11.2 Å². The average Bonchev–Trinajstić information content (AvgIpc) is 3.84. The van der Waals surface area contributed by atoms with Gasteiger partial charge in [-0.3, -0.25) is 0 Å². The molecule has 0 saturated heterocycles. The number of fused-ring (bicyclic) bond motifs is 7. The van der Waals surface area contributed by atoms with Crippen LogP contribution in [-0.2, 0) is 0 Å². The third kappa shape index (κ3) is 5.24. The van der Waals surface area contributed by atoms with E-state index in [0.29, 0.717) is 0 Å². The van der Waals surface area contributed by atoms with E-state index in [2.05, 4.69) is 193 Å². The summed E-state index contributed by atoms with van der Waals surface area (Å²) in [5.74, 6) is 0. The first-order valence-electron chi connectivity index (χ1n) is 18.7. The number of thiophene rings is 1. The third-order valence-electron chi connectivity index (χ3n) is 10.9. The Kier molecular flexibility index (Phi) is 7.39. The van der Waals surface area contributed by atoms with Gasteiger partial charge in [0.2, 0.25) is 0 Å². The number of rotatable bonds is 6. The molecule has 55 heavy (non-hydrogen) atoms. The molecule has 0 aliphatic carbocycles. The van der Waals surface area contributed by atoms with E-state index >= 15 is 0 Å². The Balaban J connectivity index is 1.10. The van der Waals surface area contributed by atoms with Crippen LogP contribution in [0.15, 0.2) is 205 Å². The summed E-state index contributed by atoms with van der Waals surface area (Å²) in [5.41, 5.74) is 12.3. The van der Waals surface area contributed by atoms with Crippen molar-refractivity contribution in [1.29, 1.82) is 0 Å². The molecule has 11 rings (SSSR count). The monoisotopic (exact) mass is 719 g/mol. The van der Waals surface area contributed by atoms with Crippen LogP contribution in [0.1, 0.15) is 0 Å². The number of para-hydroxylation sites is 2. The fourth-order valence-corrected chi connectivity index (χ4v) is 9.54. The molecule has 0 fully saturated rings. The summed E-state index contributed by atoms with van der Waals surface area (Å²) < 4.78 is 8.99. The van der Waals surface area contributed by atoms with Crippen LogP contribution in [0.25, 0.3) is 86.3 Å². The predicted molar refractivity (Wildman–Crippen MR) is 235 cm³/mol. The summed E-state index contributed by atoms with van der Waals surface area (Å²) in [7, 11) is 0. The zero-order valence-electron chi connectivity index (χ0n) is 29.8. The molecule has 0 unspecified atom stereocenters. The fourth-order valence-electron chi connectivity index (χ4n) is 8.31. The molecule has 0 radical (unpaired) electrons. The highest BCUT2D eigenvalue weighted by atomic mass is 32.1. The first-order valence-corrected chi connectivity index (χ1v) is 19.5. The molecule has 2 aromatic heterocycles. The number of benzene rings is 9. The summed E-state index contributed by atoms with van der Waals surface area (Å²) in [6.07, 6.45) is 0.